The largest absolute Gasteiger partial charge is 0.492 e. The van der Waals surface area contributed by atoms with Crippen molar-refractivity contribution in [3.05, 3.63) is 65.7 Å². The zero-order valence-corrected chi connectivity index (χ0v) is 19.5. The van der Waals surface area contributed by atoms with Crippen LogP contribution in [0, 0.1) is 12.8 Å². The maximum atomic E-state index is 12.6. The van der Waals surface area contributed by atoms with Gasteiger partial charge < -0.3 is 15.0 Å². The molecule has 0 bridgehead atoms. The molecule has 2 amide bonds. The Bertz CT molecular complexity index is 928. The number of carbonyl (C=O) groups is 2. The average molecular weight is 451 g/mol. The molecule has 1 heterocycles. The van der Waals surface area contributed by atoms with E-state index in [1.807, 2.05) is 42.3 Å². The van der Waals surface area contributed by atoms with Crippen LogP contribution < -0.4 is 15.5 Å². The molecule has 176 valence electrons. The summed E-state index contributed by atoms with van der Waals surface area (Å²) >= 11 is 0. The number of amides is 2. The highest BCUT2D eigenvalue weighted by Gasteiger charge is 2.36. The Hall–Kier alpha value is -2.90. The number of hydrogen-bond donors (Lipinski definition) is 2. The SMILES string of the molecule is Cc1ccc(OCCN(C)C(=O)CN2CC(NC(=O)C3CC(c4ccccc4)C3)CN2)cc1. The molecule has 2 aliphatic rings. The van der Waals surface area contributed by atoms with Crippen molar-refractivity contribution in [1.82, 2.24) is 20.7 Å². The van der Waals surface area contributed by atoms with Gasteiger partial charge >= 0.3 is 0 Å². The minimum Gasteiger partial charge on any atom is -0.492 e. The first-order valence-corrected chi connectivity index (χ1v) is 11.7. The lowest BCUT2D eigenvalue weighted by atomic mass is 9.71. The van der Waals surface area contributed by atoms with Gasteiger partial charge in [-0.05, 0) is 43.4 Å². The summed E-state index contributed by atoms with van der Waals surface area (Å²) in [7, 11) is 1.79. The summed E-state index contributed by atoms with van der Waals surface area (Å²) < 4.78 is 5.72. The van der Waals surface area contributed by atoms with Gasteiger partial charge in [0, 0.05) is 26.1 Å². The van der Waals surface area contributed by atoms with Gasteiger partial charge in [-0.15, -0.1) is 0 Å². The first-order chi connectivity index (χ1) is 16.0. The van der Waals surface area contributed by atoms with Crippen LogP contribution in [0.1, 0.15) is 29.9 Å². The molecule has 0 aromatic heterocycles. The van der Waals surface area contributed by atoms with E-state index in [4.69, 9.17) is 4.74 Å². The van der Waals surface area contributed by atoms with Crippen molar-refractivity contribution in [2.45, 2.75) is 31.7 Å². The van der Waals surface area contributed by atoms with Crippen LogP contribution in [0.15, 0.2) is 54.6 Å². The van der Waals surface area contributed by atoms with Crippen molar-refractivity contribution in [2.24, 2.45) is 5.92 Å². The minimum absolute atomic E-state index is 0.0201. The number of likely N-dealkylation sites (N-methyl/N-ethyl adjacent to an activating group) is 1. The van der Waals surface area contributed by atoms with Crippen molar-refractivity contribution >= 4 is 11.8 Å². The molecule has 33 heavy (non-hydrogen) atoms. The highest BCUT2D eigenvalue weighted by atomic mass is 16.5. The van der Waals surface area contributed by atoms with Crippen LogP contribution in [-0.2, 0) is 9.59 Å². The Morgan fingerprint density at radius 3 is 2.58 bits per heavy atom. The van der Waals surface area contributed by atoms with E-state index in [-0.39, 0.29) is 30.3 Å². The van der Waals surface area contributed by atoms with E-state index in [0.717, 1.165) is 18.6 Å². The lowest BCUT2D eigenvalue weighted by Crippen LogP contribution is -2.45. The van der Waals surface area contributed by atoms with Crippen LogP contribution in [0.2, 0.25) is 0 Å². The molecule has 2 aromatic carbocycles. The highest BCUT2D eigenvalue weighted by Crippen LogP contribution is 2.41. The summed E-state index contributed by atoms with van der Waals surface area (Å²) in [4.78, 5) is 26.8. The Morgan fingerprint density at radius 1 is 1.12 bits per heavy atom. The molecule has 7 nitrogen and oxygen atoms in total. The number of nitrogens with zero attached hydrogens (tertiary/aromatic N) is 2. The summed E-state index contributed by atoms with van der Waals surface area (Å²) in [5.74, 6) is 1.54. The summed E-state index contributed by atoms with van der Waals surface area (Å²) in [6, 6.07) is 18.3. The standard InChI is InChI=1S/C26H34N4O3/c1-19-8-10-24(11-9-19)33-13-12-29(2)25(31)18-30-17-23(16-27-30)28-26(32)22-14-21(15-22)20-6-4-3-5-7-20/h3-11,21-23,27H,12-18H2,1-2H3,(H,28,32). The van der Waals surface area contributed by atoms with Gasteiger partial charge in [0.05, 0.1) is 19.1 Å². The molecule has 1 saturated carbocycles. The maximum absolute atomic E-state index is 12.6. The Balaban J connectivity index is 1.12. The lowest BCUT2D eigenvalue weighted by Gasteiger charge is -2.35. The molecule has 1 unspecified atom stereocenters. The van der Waals surface area contributed by atoms with Crippen LogP contribution in [0.4, 0.5) is 0 Å². The third-order valence-electron chi connectivity index (χ3n) is 6.60. The molecular formula is C26H34N4O3. The van der Waals surface area contributed by atoms with E-state index in [9.17, 15) is 9.59 Å². The Kier molecular flexibility index (Phi) is 7.62. The van der Waals surface area contributed by atoms with Crippen LogP contribution >= 0.6 is 0 Å². The lowest BCUT2D eigenvalue weighted by molar-refractivity contribution is -0.131. The predicted molar refractivity (Wildman–Crippen MR) is 128 cm³/mol. The van der Waals surface area contributed by atoms with Gasteiger partial charge in [0.15, 0.2) is 0 Å². The van der Waals surface area contributed by atoms with E-state index in [1.165, 1.54) is 11.1 Å². The molecule has 1 atom stereocenters. The number of carbonyl (C=O) groups excluding carboxylic acids is 2. The molecule has 2 N–H and O–H groups in total. The van der Waals surface area contributed by atoms with Crippen molar-refractivity contribution < 1.29 is 14.3 Å². The van der Waals surface area contributed by atoms with Gasteiger partial charge in [-0.3, -0.25) is 15.0 Å². The first-order valence-electron chi connectivity index (χ1n) is 11.7. The highest BCUT2D eigenvalue weighted by molar-refractivity contribution is 5.80. The molecule has 0 radical (unpaired) electrons. The van der Waals surface area contributed by atoms with Gasteiger partial charge in [0.2, 0.25) is 11.8 Å². The van der Waals surface area contributed by atoms with Gasteiger partial charge in [0.1, 0.15) is 12.4 Å². The fourth-order valence-electron chi connectivity index (χ4n) is 4.34. The van der Waals surface area contributed by atoms with Crippen molar-refractivity contribution in [3.8, 4) is 5.75 Å². The summed E-state index contributed by atoms with van der Waals surface area (Å²) in [5, 5.41) is 5.04. The minimum atomic E-state index is 0.0201. The van der Waals surface area contributed by atoms with E-state index >= 15 is 0 Å². The Labute approximate surface area is 196 Å². The van der Waals surface area contributed by atoms with Crippen molar-refractivity contribution in [1.29, 1.82) is 0 Å². The number of ether oxygens (including phenoxy) is 1. The fraction of sp³-hybridized carbons (Fsp3) is 0.462. The predicted octanol–water partition coefficient (Wildman–Crippen LogP) is 2.33. The normalized spacial score (nSPS) is 22.4. The molecule has 1 aliphatic heterocycles. The fourth-order valence-corrected chi connectivity index (χ4v) is 4.34. The summed E-state index contributed by atoms with van der Waals surface area (Å²) in [6.45, 7) is 4.54. The topological polar surface area (TPSA) is 73.9 Å². The number of nitrogens with one attached hydrogen (secondary N) is 2. The summed E-state index contributed by atoms with van der Waals surface area (Å²) in [5.41, 5.74) is 5.74. The second-order valence-corrected chi connectivity index (χ2v) is 9.20. The van der Waals surface area contributed by atoms with Gasteiger partial charge in [0.25, 0.3) is 0 Å². The molecule has 2 fully saturated rings. The molecule has 4 rings (SSSR count). The van der Waals surface area contributed by atoms with E-state index in [2.05, 4.69) is 35.0 Å². The number of hydrogen-bond acceptors (Lipinski definition) is 5. The monoisotopic (exact) mass is 450 g/mol. The van der Waals surface area contributed by atoms with Crippen LogP contribution in [0.3, 0.4) is 0 Å². The second kappa shape index (κ2) is 10.8. The average Bonchev–Trinajstić information content (AvgIpc) is 3.21. The number of rotatable bonds is 9. The van der Waals surface area contributed by atoms with Gasteiger partial charge in [-0.25, -0.2) is 5.01 Å². The van der Waals surface area contributed by atoms with E-state index in [1.54, 1.807) is 11.9 Å². The number of aryl methyl sites for hydroxylation is 1. The smallest absolute Gasteiger partial charge is 0.238 e. The third kappa shape index (κ3) is 6.33. The van der Waals surface area contributed by atoms with Crippen molar-refractivity contribution in [3.63, 3.8) is 0 Å². The Morgan fingerprint density at radius 2 is 1.85 bits per heavy atom. The second-order valence-electron chi connectivity index (χ2n) is 9.20. The van der Waals surface area contributed by atoms with E-state index in [0.29, 0.717) is 32.2 Å². The summed E-state index contributed by atoms with van der Waals surface area (Å²) in [6.07, 6.45) is 1.82. The van der Waals surface area contributed by atoms with E-state index < -0.39 is 0 Å². The molecule has 0 spiro atoms. The van der Waals surface area contributed by atoms with Crippen LogP contribution in [0.25, 0.3) is 0 Å². The zero-order chi connectivity index (χ0) is 23.2. The number of benzene rings is 2. The zero-order valence-electron chi connectivity index (χ0n) is 19.5. The van der Waals surface area contributed by atoms with Crippen LogP contribution in [0.5, 0.6) is 5.75 Å². The molecule has 7 heteroatoms. The molecule has 1 saturated heterocycles. The first kappa shape index (κ1) is 23.3. The molecule has 2 aromatic rings. The third-order valence-corrected chi connectivity index (χ3v) is 6.60. The number of hydrazine groups is 1. The quantitative estimate of drug-likeness (QED) is 0.614. The maximum Gasteiger partial charge on any atom is 0.238 e. The molecule has 1 aliphatic carbocycles. The van der Waals surface area contributed by atoms with Gasteiger partial charge in [-0.2, -0.15) is 0 Å². The van der Waals surface area contributed by atoms with Crippen molar-refractivity contribution in [2.75, 3.05) is 39.8 Å². The van der Waals surface area contributed by atoms with Crippen LogP contribution in [-0.4, -0.2) is 67.6 Å². The molecular weight excluding hydrogens is 416 g/mol. The van der Waals surface area contributed by atoms with Gasteiger partial charge in [-0.1, -0.05) is 48.0 Å².